The normalized spacial score (nSPS) is 17.7. The zero-order valence-electron chi connectivity index (χ0n) is 15.3. The fourth-order valence-corrected chi connectivity index (χ4v) is 3.10. The van der Waals surface area contributed by atoms with E-state index in [1.54, 1.807) is 6.08 Å². The molecule has 2 aromatic heterocycles. The Morgan fingerprint density at radius 1 is 1.44 bits per heavy atom. The van der Waals surface area contributed by atoms with E-state index in [1.165, 1.54) is 17.2 Å². The van der Waals surface area contributed by atoms with Crippen LogP contribution < -0.4 is 0 Å². The predicted octanol–water partition coefficient (Wildman–Crippen LogP) is 2.94. The minimum atomic E-state index is -0.995. The van der Waals surface area contributed by atoms with Crippen molar-refractivity contribution in [2.24, 2.45) is 5.41 Å². The first-order valence-electron chi connectivity index (χ1n) is 8.50. The van der Waals surface area contributed by atoms with Gasteiger partial charge in [-0.3, -0.25) is 4.98 Å². The number of carbonyl (C=O) groups is 1. The van der Waals surface area contributed by atoms with E-state index >= 15 is 0 Å². The van der Waals surface area contributed by atoms with E-state index in [9.17, 15) is 14.3 Å². The van der Waals surface area contributed by atoms with E-state index in [0.29, 0.717) is 17.6 Å². The van der Waals surface area contributed by atoms with Crippen molar-refractivity contribution in [1.82, 2.24) is 20.0 Å². The Morgan fingerprint density at radius 2 is 2.19 bits per heavy atom. The van der Waals surface area contributed by atoms with Crippen LogP contribution in [-0.2, 0) is 6.61 Å². The highest BCUT2D eigenvalue weighted by Crippen LogP contribution is 2.34. The summed E-state index contributed by atoms with van der Waals surface area (Å²) in [6.45, 7) is 5.71. The summed E-state index contributed by atoms with van der Waals surface area (Å²) in [4.78, 5) is 21.0. The summed E-state index contributed by atoms with van der Waals surface area (Å²) in [5.74, 6) is -0.385. The maximum atomic E-state index is 14.7. The van der Waals surface area contributed by atoms with E-state index in [2.05, 4.69) is 15.1 Å². The average Bonchev–Trinajstić information content (AvgIpc) is 3.09. The molecule has 1 unspecified atom stereocenters. The Balaban J connectivity index is 1.95. The molecule has 9 heteroatoms. The number of aliphatic hydroxyl groups is 1. The molecule has 0 aliphatic carbocycles. The molecule has 2 N–H and O–H groups in total. The SMILES string of the molecule is CC(C)(C)C1C=C(c2ncc(-c3nc(CO)no3)cc2F)CCN1C(=O)O. The van der Waals surface area contributed by atoms with Crippen molar-refractivity contribution >= 4 is 11.7 Å². The van der Waals surface area contributed by atoms with Gasteiger partial charge >= 0.3 is 6.09 Å². The summed E-state index contributed by atoms with van der Waals surface area (Å²) < 4.78 is 19.7. The maximum absolute atomic E-state index is 14.7. The Bertz CT molecular complexity index is 888. The van der Waals surface area contributed by atoms with Gasteiger partial charge in [-0.15, -0.1) is 0 Å². The summed E-state index contributed by atoms with van der Waals surface area (Å²) in [5.41, 5.74) is 0.808. The molecule has 27 heavy (non-hydrogen) atoms. The third kappa shape index (κ3) is 3.82. The second-order valence-electron chi connectivity index (χ2n) is 7.46. The lowest BCUT2D eigenvalue weighted by Crippen LogP contribution is -2.48. The van der Waals surface area contributed by atoms with Crippen LogP contribution in [0.4, 0.5) is 9.18 Å². The smallest absolute Gasteiger partial charge is 0.407 e. The molecule has 0 spiro atoms. The first-order chi connectivity index (χ1) is 12.7. The monoisotopic (exact) mass is 376 g/mol. The van der Waals surface area contributed by atoms with Crippen LogP contribution in [0.15, 0.2) is 22.9 Å². The minimum absolute atomic E-state index is 0.0687. The molecule has 0 saturated heterocycles. The lowest BCUT2D eigenvalue weighted by atomic mass is 9.82. The molecule has 0 bridgehead atoms. The number of pyridine rings is 1. The molecule has 2 aromatic rings. The zero-order chi connectivity index (χ0) is 19.8. The van der Waals surface area contributed by atoms with Crippen LogP contribution in [0.2, 0.25) is 0 Å². The Hall–Kier alpha value is -2.81. The van der Waals surface area contributed by atoms with E-state index in [1.807, 2.05) is 20.8 Å². The summed E-state index contributed by atoms with van der Waals surface area (Å²) >= 11 is 0. The number of aliphatic hydroxyl groups excluding tert-OH is 1. The summed E-state index contributed by atoms with van der Waals surface area (Å²) in [5, 5.41) is 22.0. The number of aromatic nitrogens is 3. The van der Waals surface area contributed by atoms with Crippen LogP contribution in [0.25, 0.3) is 17.0 Å². The average molecular weight is 376 g/mol. The number of rotatable bonds is 3. The van der Waals surface area contributed by atoms with Gasteiger partial charge in [-0.25, -0.2) is 9.18 Å². The molecular formula is C18H21FN4O4. The third-order valence-electron chi connectivity index (χ3n) is 4.45. The van der Waals surface area contributed by atoms with E-state index in [4.69, 9.17) is 9.63 Å². The third-order valence-corrected chi connectivity index (χ3v) is 4.45. The van der Waals surface area contributed by atoms with E-state index < -0.39 is 11.9 Å². The number of carboxylic acid groups (broad SMARTS) is 1. The maximum Gasteiger partial charge on any atom is 0.407 e. The number of amides is 1. The Labute approximate surface area is 155 Å². The molecular weight excluding hydrogens is 355 g/mol. The van der Waals surface area contributed by atoms with Crippen LogP contribution in [-0.4, -0.2) is 48.9 Å². The molecule has 1 atom stereocenters. The van der Waals surface area contributed by atoms with Gasteiger partial charge in [0.15, 0.2) is 5.82 Å². The second kappa shape index (κ2) is 7.07. The summed E-state index contributed by atoms with van der Waals surface area (Å²) in [7, 11) is 0. The van der Waals surface area contributed by atoms with Crippen LogP contribution in [0, 0.1) is 11.2 Å². The first kappa shape index (κ1) is 19.0. The summed E-state index contributed by atoms with van der Waals surface area (Å²) in [6, 6.07) is 0.857. The van der Waals surface area contributed by atoms with Crippen molar-refractivity contribution in [3.8, 4) is 11.5 Å². The molecule has 1 amide bonds. The molecule has 3 heterocycles. The topological polar surface area (TPSA) is 113 Å². The highest BCUT2D eigenvalue weighted by atomic mass is 19.1. The van der Waals surface area contributed by atoms with Gasteiger partial charge in [0, 0.05) is 12.7 Å². The van der Waals surface area contributed by atoms with Crippen molar-refractivity contribution in [1.29, 1.82) is 0 Å². The highest BCUT2D eigenvalue weighted by Gasteiger charge is 2.35. The number of nitrogens with zero attached hydrogens (tertiary/aromatic N) is 4. The van der Waals surface area contributed by atoms with Crippen molar-refractivity contribution in [2.75, 3.05) is 6.54 Å². The van der Waals surface area contributed by atoms with Gasteiger partial charge < -0.3 is 19.6 Å². The van der Waals surface area contributed by atoms with Gasteiger partial charge in [0.2, 0.25) is 0 Å². The van der Waals surface area contributed by atoms with Gasteiger partial charge in [0.05, 0.1) is 11.6 Å². The van der Waals surface area contributed by atoms with Gasteiger partial charge in [-0.1, -0.05) is 32.0 Å². The van der Waals surface area contributed by atoms with Gasteiger partial charge in [0.25, 0.3) is 5.89 Å². The molecule has 3 rings (SSSR count). The largest absolute Gasteiger partial charge is 0.465 e. The van der Waals surface area contributed by atoms with Crippen molar-refractivity contribution in [3.05, 3.63) is 35.7 Å². The van der Waals surface area contributed by atoms with Crippen molar-refractivity contribution < 1.29 is 23.9 Å². The van der Waals surface area contributed by atoms with Crippen LogP contribution in [0.5, 0.6) is 0 Å². The second-order valence-corrected chi connectivity index (χ2v) is 7.46. The summed E-state index contributed by atoms with van der Waals surface area (Å²) in [6.07, 6.45) is 2.57. The molecule has 144 valence electrons. The lowest BCUT2D eigenvalue weighted by molar-refractivity contribution is 0.0999. The number of hydrogen-bond acceptors (Lipinski definition) is 6. The van der Waals surface area contributed by atoms with Crippen LogP contribution in [0.3, 0.4) is 0 Å². The molecule has 0 radical (unpaired) electrons. The van der Waals surface area contributed by atoms with Crippen molar-refractivity contribution in [2.45, 2.75) is 39.8 Å². The van der Waals surface area contributed by atoms with E-state index in [-0.39, 0.29) is 42.0 Å². The standard InChI is InChI=1S/C18H21FN4O4/c1-18(2,3)13-7-10(4-5-23(13)17(25)26)15-12(19)6-11(8-20-15)16-21-14(9-24)22-27-16/h6-8,13,24H,4-5,9H2,1-3H3,(H,25,26). The predicted molar refractivity (Wildman–Crippen MR) is 94.0 cm³/mol. The Kier molecular flexibility index (Phi) is 4.97. The quantitative estimate of drug-likeness (QED) is 0.847. The molecule has 0 saturated carbocycles. The molecule has 0 aromatic carbocycles. The van der Waals surface area contributed by atoms with Gasteiger partial charge in [-0.05, 0) is 23.5 Å². The molecule has 8 nitrogen and oxygen atoms in total. The molecule has 1 aliphatic rings. The molecule has 0 fully saturated rings. The fraction of sp³-hybridized carbons (Fsp3) is 0.444. The van der Waals surface area contributed by atoms with E-state index in [0.717, 1.165) is 0 Å². The van der Waals surface area contributed by atoms with Crippen LogP contribution in [0.1, 0.15) is 38.7 Å². The van der Waals surface area contributed by atoms with Crippen molar-refractivity contribution in [3.63, 3.8) is 0 Å². The zero-order valence-corrected chi connectivity index (χ0v) is 15.3. The minimum Gasteiger partial charge on any atom is -0.465 e. The molecule has 1 aliphatic heterocycles. The highest BCUT2D eigenvalue weighted by molar-refractivity contribution is 5.72. The van der Waals surface area contributed by atoms with Crippen LogP contribution >= 0.6 is 0 Å². The van der Waals surface area contributed by atoms with Gasteiger partial charge in [-0.2, -0.15) is 4.98 Å². The first-order valence-corrected chi connectivity index (χ1v) is 8.50. The number of halogens is 1. The lowest BCUT2D eigenvalue weighted by Gasteiger charge is -2.40. The van der Waals surface area contributed by atoms with Gasteiger partial charge in [0.1, 0.15) is 18.1 Å². The Morgan fingerprint density at radius 3 is 2.74 bits per heavy atom. The fourth-order valence-electron chi connectivity index (χ4n) is 3.10. The number of hydrogen-bond donors (Lipinski definition) is 2.